The summed E-state index contributed by atoms with van der Waals surface area (Å²) in [6.07, 6.45) is 0. The van der Waals surface area contributed by atoms with Gasteiger partial charge in [-0.15, -0.1) is 0 Å². The summed E-state index contributed by atoms with van der Waals surface area (Å²) in [5.41, 5.74) is 9.64. The summed E-state index contributed by atoms with van der Waals surface area (Å²) in [6, 6.07) is 66.6. The van der Waals surface area contributed by atoms with E-state index in [2.05, 4.69) is 173 Å². The van der Waals surface area contributed by atoms with E-state index in [1.165, 1.54) is 48.9 Å². The van der Waals surface area contributed by atoms with Crippen LogP contribution in [0.4, 0.5) is 0 Å². The second-order valence-corrected chi connectivity index (χ2v) is 14.4. The second-order valence-electron chi connectivity index (χ2n) is 14.4. The molecule has 12 aromatic rings. The van der Waals surface area contributed by atoms with E-state index in [1.807, 2.05) is 38.1 Å². The fourth-order valence-corrected chi connectivity index (χ4v) is 8.91. The third-order valence-electron chi connectivity index (χ3n) is 11.3. The molecule has 0 unspecified atom stereocenters. The van der Waals surface area contributed by atoms with Gasteiger partial charge in [0.25, 0.3) is 0 Å². The molecular weight excluding hydrogens is 707 g/mol. The molecule has 0 aliphatic heterocycles. The molecule has 3 aromatic heterocycles. The van der Waals surface area contributed by atoms with Crippen LogP contribution >= 0.6 is 0 Å². The van der Waals surface area contributed by atoms with Crippen LogP contribution in [0, 0.1) is 0 Å². The van der Waals surface area contributed by atoms with Crippen molar-refractivity contribution in [2.45, 2.75) is 13.8 Å². The van der Waals surface area contributed by atoms with Crippen LogP contribution in [0.1, 0.15) is 13.8 Å². The first kappa shape index (κ1) is 33.7. The van der Waals surface area contributed by atoms with Gasteiger partial charge in [0.1, 0.15) is 0 Å². The minimum Gasteiger partial charge on any atom is -0.307 e. The molecule has 0 fully saturated rings. The van der Waals surface area contributed by atoms with E-state index in [4.69, 9.17) is 15.0 Å². The van der Waals surface area contributed by atoms with Gasteiger partial charge >= 0.3 is 0 Å². The number of rotatable bonds is 5. The first-order chi connectivity index (χ1) is 28.8. The fraction of sp³-hybridized carbons (Fsp3) is 0.0377. The van der Waals surface area contributed by atoms with Crippen LogP contribution in [-0.4, -0.2) is 24.1 Å². The van der Waals surface area contributed by atoms with Crippen molar-refractivity contribution >= 4 is 65.2 Å². The molecular formula is C53H37N5. The van der Waals surface area contributed by atoms with Gasteiger partial charge in [-0.3, -0.25) is 4.57 Å². The predicted octanol–water partition coefficient (Wildman–Crippen LogP) is 13.8. The lowest BCUT2D eigenvalue weighted by molar-refractivity contribution is 0.950. The van der Waals surface area contributed by atoms with Crippen LogP contribution in [0.15, 0.2) is 188 Å². The average molecular weight is 744 g/mol. The standard InChI is InChI=1S/C51H31N5.C2H6/c1-3-14-32(15-4-1)33-28-30-35(31-29-33)50-52-49(34-16-5-2-6-17-34)53-51(54-50)56-42-24-10-9-20-38(42)41-23-13-27-45(48(41)56)55-43-25-11-21-39-36-18-7-8-19-37(36)40-22-12-26-44(55)47(40)46(39)43;1-2/h1-31H;1-2H3. The minimum atomic E-state index is 0.568. The van der Waals surface area contributed by atoms with Gasteiger partial charge < -0.3 is 4.57 Å². The monoisotopic (exact) mass is 743 g/mol. The molecule has 0 amide bonds. The first-order valence-corrected chi connectivity index (χ1v) is 20.0. The Balaban J connectivity index is 0.00000190. The number of benzene rings is 9. The Bertz CT molecular complexity index is 3370. The number of fused-ring (bicyclic) bond motifs is 6. The Morgan fingerprint density at radius 1 is 0.310 bits per heavy atom. The van der Waals surface area contributed by atoms with Gasteiger partial charge in [-0.05, 0) is 56.9 Å². The van der Waals surface area contributed by atoms with Crippen molar-refractivity contribution in [3.63, 3.8) is 0 Å². The Morgan fingerprint density at radius 3 is 1.36 bits per heavy atom. The van der Waals surface area contributed by atoms with Gasteiger partial charge in [-0.2, -0.15) is 9.97 Å². The summed E-state index contributed by atoms with van der Waals surface area (Å²) in [5.74, 6) is 1.81. The second kappa shape index (κ2) is 13.5. The molecule has 0 bridgehead atoms. The van der Waals surface area contributed by atoms with Crippen molar-refractivity contribution in [1.82, 2.24) is 24.1 Å². The van der Waals surface area contributed by atoms with Gasteiger partial charge in [-0.25, -0.2) is 4.98 Å². The number of para-hydroxylation sites is 2. The zero-order valence-electron chi connectivity index (χ0n) is 32.1. The molecule has 0 saturated heterocycles. The Hall–Kier alpha value is -7.63. The van der Waals surface area contributed by atoms with Crippen molar-refractivity contribution in [3.8, 4) is 45.5 Å². The van der Waals surface area contributed by atoms with Crippen LogP contribution in [0.3, 0.4) is 0 Å². The highest BCUT2D eigenvalue weighted by molar-refractivity contribution is 6.34. The summed E-state index contributed by atoms with van der Waals surface area (Å²) in [5, 5.41) is 9.90. The maximum absolute atomic E-state index is 5.32. The molecule has 274 valence electrons. The van der Waals surface area contributed by atoms with Crippen LogP contribution < -0.4 is 0 Å². The van der Waals surface area contributed by atoms with E-state index in [0.717, 1.165) is 44.2 Å². The summed E-state index contributed by atoms with van der Waals surface area (Å²) >= 11 is 0. The van der Waals surface area contributed by atoms with Crippen LogP contribution in [0.5, 0.6) is 0 Å². The van der Waals surface area contributed by atoms with Gasteiger partial charge in [0.2, 0.25) is 5.95 Å². The highest BCUT2D eigenvalue weighted by Crippen LogP contribution is 2.45. The highest BCUT2D eigenvalue weighted by Gasteiger charge is 2.24. The lowest BCUT2D eigenvalue weighted by Gasteiger charge is -2.15. The van der Waals surface area contributed by atoms with Gasteiger partial charge in [0.15, 0.2) is 11.6 Å². The highest BCUT2D eigenvalue weighted by atomic mass is 15.2. The van der Waals surface area contributed by atoms with Crippen molar-refractivity contribution in [1.29, 1.82) is 0 Å². The Kier molecular flexibility index (Phi) is 7.86. The van der Waals surface area contributed by atoms with Crippen LogP contribution in [0.25, 0.3) is 111 Å². The van der Waals surface area contributed by atoms with Gasteiger partial charge in [-0.1, -0.05) is 178 Å². The van der Waals surface area contributed by atoms with Crippen molar-refractivity contribution < 1.29 is 0 Å². The van der Waals surface area contributed by atoms with E-state index < -0.39 is 0 Å². The predicted molar refractivity (Wildman–Crippen MR) is 242 cm³/mol. The molecule has 5 heteroatoms. The third kappa shape index (κ3) is 5.07. The quantitative estimate of drug-likeness (QED) is 0.165. The summed E-state index contributed by atoms with van der Waals surface area (Å²) < 4.78 is 4.69. The van der Waals surface area contributed by atoms with Crippen molar-refractivity contribution in [3.05, 3.63) is 188 Å². The molecule has 0 N–H and O–H groups in total. The van der Waals surface area contributed by atoms with Crippen LogP contribution in [-0.2, 0) is 0 Å². The molecule has 0 spiro atoms. The maximum atomic E-state index is 5.32. The zero-order chi connectivity index (χ0) is 38.7. The molecule has 5 nitrogen and oxygen atoms in total. The van der Waals surface area contributed by atoms with Crippen molar-refractivity contribution in [2.75, 3.05) is 0 Å². The number of hydrogen-bond donors (Lipinski definition) is 0. The molecule has 9 aromatic carbocycles. The lowest BCUT2D eigenvalue weighted by Crippen LogP contribution is -2.08. The summed E-state index contributed by atoms with van der Waals surface area (Å²) in [4.78, 5) is 15.7. The topological polar surface area (TPSA) is 48.5 Å². The molecule has 58 heavy (non-hydrogen) atoms. The van der Waals surface area contributed by atoms with E-state index in [-0.39, 0.29) is 0 Å². The van der Waals surface area contributed by atoms with Crippen molar-refractivity contribution in [2.24, 2.45) is 0 Å². The molecule has 0 atom stereocenters. The zero-order valence-corrected chi connectivity index (χ0v) is 32.1. The number of hydrogen-bond acceptors (Lipinski definition) is 3. The Labute approximate surface area is 335 Å². The normalized spacial score (nSPS) is 11.6. The van der Waals surface area contributed by atoms with E-state index >= 15 is 0 Å². The Morgan fingerprint density at radius 2 is 0.741 bits per heavy atom. The molecule has 12 rings (SSSR count). The maximum Gasteiger partial charge on any atom is 0.238 e. The number of nitrogens with zero attached hydrogens (tertiary/aromatic N) is 5. The molecule has 3 heterocycles. The smallest absolute Gasteiger partial charge is 0.238 e. The van der Waals surface area contributed by atoms with E-state index in [0.29, 0.717) is 17.6 Å². The molecule has 0 saturated carbocycles. The largest absolute Gasteiger partial charge is 0.307 e. The van der Waals surface area contributed by atoms with Gasteiger partial charge in [0.05, 0.1) is 27.8 Å². The molecule has 0 radical (unpaired) electrons. The third-order valence-corrected chi connectivity index (χ3v) is 11.3. The minimum absolute atomic E-state index is 0.568. The SMILES string of the molecule is CC.c1ccc(-c2ccc(-c3nc(-c4ccccc4)nc(-n4c5ccccc5c5cccc(-n6c7cccc8c9ccccc9c9cccc6c9c87)c54)n3)cc2)cc1. The summed E-state index contributed by atoms with van der Waals surface area (Å²) in [7, 11) is 0. The summed E-state index contributed by atoms with van der Waals surface area (Å²) in [6.45, 7) is 4.00. The first-order valence-electron chi connectivity index (χ1n) is 20.0. The van der Waals surface area contributed by atoms with E-state index in [1.54, 1.807) is 0 Å². The molecule has 0 aliphatic carbocycles. The van der Waals surface area contributed by atoms with Crippen LogP contribution in [0.2, 0.25) is 0 Å². The van der Waals surface area contributed by atoms with Gasteiger partial charge in [0, 0.05) is 32.7 Å². The fourth-order valence-electron chi connectivity index (χ4n) is 8.91. The average Bonchev–Trinajstić information content (AvgIpc) is 3.84. The number of aromatic nitrogens is 5. The molecule has 0 aliphatic rings. The lowest BCUT2D eigenvalue weighted by atomic mass is 9.95. The van der Waals surface area contributed by atoms with E-state index in [9.17, 15) is 0 Å².